The Morgan fingerprint density at radius 1 is 1.07 bits per heavy atom. The van der Waals surface area contributed by atoms with Crippen LogP contribution in [0.15, 0.2) is 53.4 Å². The number of fused-ring (bicyclic) bond motifs is 3. The van der Waals surface area contributed by atoms with Gasteiger partial charge >= 0.3 is 0 Å². The number of nitrogens with zero attached hydrogens (tertiary/aromatic N) is 2. The number of nitrogens with one attached hydrogen (secondary N) is 1. The second-order valence-corrected chi connectivity index (χ2v) is 9.07. The van der Waals surface area contributed by atoms with E-state index in [4.69, 9.17) is 0 Å². The van der Waals surface area contributed by atoms with Gasteiger partial charge in [0.2, 0.25) is 10.0 Å². The van der Waals surface area contributed by atoms with Crippen molar-refractivity contribution < 1.29 is 13.2 Å². The van der Waals surface area contributed by atoms with E-state index in [1.807, 2.05) is 18.2 Å². The van der Waals surface area contributed by atoms with Crippen molar-refractivity contribution >= 4 is 26.8 Å². The van der Waals surface area contributed by atoms with E-state index in [0.717, 1.165) is 21.9 Å². The lowest BCUT2D eigenvalue weighted by Gasteiger charge is -2.27. The highest BCUT2D eigenvalue weighted by Crippen LogP contribution is 2.28. The summed E-state index contributed by atoms with van der Waals surface area (Å²) in [5.74, 6) is -0.0897. The van der Waals surface area contributed by atoms with Crippen molar-refractivity contribution in [1.29, 1.82) is 0 Å². The normalized spacial score (nSPS) is 14.6. The van der Waals surface area contributed by atoms with E-state index in [1.54, 1.807) is 17.0 Å². The summed E-state index contributed by atoms with van der Waals surface area (Å²) in [5, 5.41) is 1.22. The number of sulfonamides is 1. The zero-order valence-electron chi connectivity index (χ0n) is 15.3. The molecule has 1 N–H and O–H groups in total. The van der Waals surface area contributed by atoms with Crippen molar-refractivity contribution in [3.05, 3.63) is 65.4 Å². The van der Waals surface area contributed by atoms with Gasteiger partial charge in [-0.25, -0.2) is 12.7 Å². The number of aromatic nitrogens is 1. The zero-order chi connectivity index (χ0) is 19.2. The molecule has 27 heavy (non-hydrogen) atoms. The first-order chi connectivity index (χ1) is 12.9. The number of carbonyl (C=O) groups excluding carboxylic acids is 1. The molecule has 0 saturated heterocycles. The molecule has 4 rings (SSSR count). The molecule has 7 heteroatoms. The largest absolute Gasteiger partial charge is 0.357 e. The number of para-hydroxylation sites is 1. The SMILES string of the molecule is CN(C)S(=O)(=O)c1ccc(C(=O)N2CCc3c([nH]c4ccccc34)C2)cc1. The van der Waals surface area contributed by atoms with Crippen LogP contribution in [-0.4, -0.2) is 49.2 Å². The molecule has 2 heterocycles. The third-order valence-electron chi connectivity index (χ3n) is 5.05. The van der Waals surface area contributed by atoms with Gasteiger partial charge in [0, 0.05) is 42.8 Å². The first-order valence-corrected chi connectivity index (χ1v) is 10.2. The van der Waals surface area contributed by atoms with Crippen LogP contribution >= 0.6 is 0 Å². The molecule has 0 unspecified atom stereocenters. The minimum atomic E-state index is -3.50. The van der Waals surface area contributed by atoms with Crippen LogP contribution in [-0.2, 0) is 23.0 Å². The van der Waals surface area contributed by atoms with Crippen molar-refractivity contribution in [3.63, 3.8) is 0 Å². The van der Waals surface area contributed by atoms with Gasteiger partial charge < -0.3 is 9.88 Å². The Balaban J connectivity index is 1.57. The molecule has 3 aromatic rings. The fourth-order valence-electron chi connectivity index (χ4n) is 3.53. The van der Waals surface area contributed by atoms with E-state index in [0.29, 0.717) is 18.7 Å². The molecule has 0 saturated carbocycles. The summed E-state index contributed by atoms with van der Waals surface area (Å²) < 4.78 is 25.5. The van der Waals surface area contributed by atoms with E-state index in [9.17, 15) is 13.2 Å². The highest BCUT2D eigenvalue weighted by atomic mass is 32.2. The molecule has 1 aliphatic heterocycles. The zero-order valence-corrected chi connectivity index (χ0v) is 16.1. The molecule has 0 radical (unpaired) electrons. The predicted molar refractivity (Wildman–Crippen MR) is 104 cm³/mol. The summed E-state index contributed by atoms with van der Waals surface area (Å²) in [6.07, 6.45) is 0.804. The van der Waals surface area contributed by atoms with E-state index in [-0.39, 0.29) is 10.8 Å². The molecule has 1 amide bonds. The number of hydrogen-bond donors (Lipinski definition) is 1. The molecule has 2 aromatic carbocycles. The Morgan fingerprint density at radius 3 is 2.48 bits per heavy atom. The van der Waals surface area contributed by atoms with Gasteiger partial charge in [0.1, 0.15) is 0 Å². The molecule has 1 aliphatic rings. The van der Waals surface area contributed by atoms with Crippen molar-refractivity contribution in [2.45, 2.75) is 17.9 Å². The molecular formula is C20H21N3O3S. The second-order valence-electron chi connectivity index (χ2n) is 6.92. The molecule has 6 nitrogen and oxygen atoms in total. The Kier molecular flexibility index (Phi) is 4.28. The standard InChI is InChI=1S/C20H21N3O3S/c1-22(2)27(25,26)15-9-7-14(8-10-15)20(24)23-12-11-17-16-5-3-4-6-18(16)21-19(17)13-23/h3-10,21H,11-13H2,1-2H3. The topological polar surface area (TPSA) is 73.5 Å². The number of aromatic amines is 1. The van der Waals surface area contributed by atoms with Crippen LogP contribution in [0.3, 0.4) is 0 Å². The van der Waals surface area contributed by atoms with Gasteiger partial charge in [0.25, 0.3) is 5.91 Å². The quantitative estimate of drug-likeness (QED) is 0.756. The van der Waals surface area contributed by atoms with E-state index in [1.165, 1.54) is 37.2 Å². The maximum Gasteiger partial charge on any atom is 0.254 e. The maximum atomic E-state index is 12.9. The smallest absolute Gasteiger partial charge is 0.254 e. The van der Waals surface area contributed by atoms with Crippen molar-refractivity contribution in [3.8, 4) is 0 Å². The number of rotatable bonds is 3. The van der Waals surface area contributed by atoms with Crippen LogP contribution in [0.2, 0.25) is 0 Å². The minimum absolute atomic E-state index is 0.0897. The van der Waals surface area contributed by atoms with Gasteiger partial charge in [-0.2, -0.15) is 0 Å². The second kappa shape index (κ2) is 6.51. The lowest BCUT2D eigenvalue weighted by molar-refractivity contribution is 0.0733. The highest BCUT2D eigenvalue weighted by Gasteiger charge is 2.25. The van der Waals surface area contributed by atoms with E-state index in [2.05, 4.69) is 11.1 Å². The van der Waals surface area contributed by atoms with Crippen molar-refractivity contribution in [2.24, 2.45) is 0 Å². The minimum Gasteiger partial charge on any atom is -0.357 e. The van der Waals surface area contributed by atoms with E-state index >= 15 is 0 Å². The van der Waals surface area contributed by atoms with Gasteiger partial charge in [-0.05, 0) is 42.3 Å². The molecular weight excluding hydrogens is 362 g/mol. The summed E-state index contributed by atoms with van der Waals surface area (Å²) in [7, 11) is -0.523. The Labute approximate surface area is 158 Å². The number of H-pyrrole nitrogens is 1. The van der Waals surface area contributed by atoms with Gasteiger partial charge in [0.05, 0.1) is 11.4 Å². The van der Waals surface area contributed by atoms with Crippen LogP contribution in [0.4, 0.5) is 0 Å². The molecule has 0 bridgehead atoms. The summed E-state index contributed by atoms with van der Waals surface area (Å²) in [6, 6.07) is 14.3. The lowest BCUT2D eigenvalue weighted by Crippen LogP contribution is -2.35. The third-order valence-corrected chi connectivity index (χ3v) is 6.88. The average molecular weight is 383 g/mol. The maximum absolute atomic E-state index is 12.9. The molecule has 0 spiro atoms. The summed E-state index contributed by atoms with van der Waals surface area (Å²) in [4.78, 5) is 18.3. The van der Waals surface area contributed by atoms with Crippen LogP contribution in [0.1, 0.15) is 21.6 Å². The lowest BCUT2D eigenvalue weighted by atomic mass is 10.0. The van der Waals surface area contributed by atoms with Crippen molar-refractivity contribution in [1.82, 2.24) is 14.2 Å². The van der Waals surface area contributed by atoms with E-state index < -0.39 is 10.0 Å². The predicted octanol–water partition coefficient (Wildman–Crippen LogP) is 2.62. The Hall–Kier alpha value is -2.64. The first-order valence-electron chi connectivity index (χ1n) is 8.78. The van der Waals surface area contributed by atoms with Gasteiger partial charge in [0.15, 0.2) is 0 Å². The molecule has 0 aliphatic carbocycles. The highest BCUT2D eigenvalue weighted by molar-refractivity contribution is 7.89. The van der Waals surface area contributed by atoms with Gasteiger partial charge in [-0.3, -0.25) is 4.79 Å². The van der Waals surface area contributed by atoms with Gasteiger partial charge in [-0.15, -0.1) is 0 Å². The Bertz CT molecular complexity index is 1120. The monoisotopic (exact) mass is 383 g/mol. The number of benzene rings is 2. The summed E-state index contributed by atoms with van der Waals surface area (Å²) in [5.41, 5.74) is 3.94. The summed E-state index contributed by atoms with van der Waals surface area (Å²) >= 11 is 0. The molecule has 0 atom stereocenters. The van der Waals surface area contributed by atoms with Crippen LogP contribution in [0.25, 0.3) is 10.9 Å². The number of carbonyl (C=O) groups is 1. The molecule has 1 aromatic heterocycles. The van der Waals surface area contributed by atoms with Crippen LogP contribution in [0, 0.1) is 0 Å². The summed E-state index contributed by atoms with van der Waals surface area (Å²) in [6.45, 7) is 1.17. The number of hydrogen-bond acceptors (Lipinski definition) is 3. The molecule has 0 fully saturated rings. The average Bonchev–Trinajstić information content (AvgIpc) is 3.05. The fourth-order valence-corrected chi connectivity index (χ4v) is 4.43. The third kappa shape index (κ3) is 3.02. The Morgan fingerprint density at radius 2 is 1.78 bits per heavy atom. The van der Waals surface area contributed by atoms with Crippen LogP contribution < -0.4 is 0 Å². The molecule has 140 valence electrons. The fraction of sp³-hybridized carbons (Fsp3) is 0.250. The first kappa shape index (κ1) is 17.8. The number of amides is 1. The van der Waals surface area contributed by atoms with Crippen LogP contribution in [0.5, 0.6) is 0 Å². The van der Waals surface area contributed by atoms with Gasteiger partial charge in [-0.1, -0.05) is 18.2 Å². The van der Waals surface area contributed by atoms with Crippen molar-refractivity contribution in [2.75, 3.05) is 20.6 Å².